The van der Waals surface area contributed by atoms with Gasteiger partial charge in [-0.05, 0) is 18.2 Å². The smallest absolute Gasteiger partial charge is 0.287 e. The molecule has 0 aliphatic heterocycles. The van der Waals surface area contributed by atoms with Gasteiger partial charge in [-0.15, -0.1) is 0 Å². The lowest BCUT2D eigenvalue weighted by molar-refractivity contribution is -0.137. The van der Waals surface area contributed by atoms with Crippen LogP contribution in [0, 0.1) is 5.82 Å². The van der Waals surface area contributed by atoms with Crippen LogP contribution in [0.15, 0.2) is 24.3 Å². The standard InChI is InChI=1S/C10H10FN2O3/c11-7-4-2-1-3-6(7)9(14)13-5-8(12)10(15)16/h1-4,8,12H,5H2,(H,13,14)(H,15,16)/q-1. The molecule has 1 aromatic rings. The Hall–Kier alpha value is -1.95. The van der Waals surface area contributed by atoms with Gasteiger partial charge in [-0.25, -0.2) is 4.39 Å². The summed E-state index contributed by atoms with van der Waals surface area (Å²) in [5.41, 5.74) is 6.86. The summed E-state index contributed by atoms with van der Waals surface area (Å²) < 4.78 is 13.1. The number of carboxylic acids is 1. The first-order valence-corrected chi connectivity index (χ1v) is 4.49. The third-order valence-corrected chi connectivity index (χ3v) is 1.88. The minimum atomic E-state index is -1.45. The van der Waals surface area contributed by atoms with E-state index >= 15 is 0 Å². The van der Waals surface area contributed by atoms with Crippen LogP contribution in [0.4, 0.5) is 4.39 Å². The molecule has 0 radical (unpaired) electrons. The van der Waals surface area contributed by atoms with Crippen LogP contribution in [0.2, 0.25) is 0 Å². The largest absolute Gasteiger partial charge is 0.664 e. The Morgan fingerprint density at radius 2 is 2.06 bits per heavy atom. The second-order valence-corrected chi connectivity index (χ2v) is 3.08. The topological polar surface area (TPSA) is 90.2 Å². The third-order valence-electron chi connectivity index (χ3n) is 1.88. The first-order valence-electron chi connectivity index (χ1n) is 4.49. The van der Waals surface area contributed by atoms with Crippen molar-refractivity contribution in [1.29, 1.82) is 0 Å². The summed E-state index contributed by atoms with van der Waals surface area (Å²) in [7, 11) is 0. The molecule has 0 spiro atoms. The van der Waals surface area contributed by atoms with Crippen LogP contribution < -0.4 is 5.32 Å². The van der Waals surface area contributed by atoms with E-state index < -0.39 is 23.7 Å². The van der Waals surface area contributed by atoms with E-state index in [2.05, 4.69) is 5.32 Å². The maximum absolute atomic E-state index is 13.1. The molecule has 6 heteroatoms. The van der Waals surface area contributed by atoms with Gasteiger partial charge in [0.25, 0.3) is 11.9 Å². The number of aliphatic carboxylic acids is 1. The van der Waals surface area contributed by atoms with Gasteiger partial charge in [-0.1, -0.05) is 12.1 Å². The lowest BCUT2D eigenvalue weighted by Gasteiger charge is -2.15. The van der Waals surface area contributed by atoms with Gasteiger partial charge in [0.2, 0.25) is 0 Å². The molecule has 0 aliphatic rings. The first-order chi connectivity index (χ1) is 7.52. The van der Waals surface area contributed by atoms with Crippen LogP contribution in [-0.2, 0) is 4.79 Å². The normalized spacial score (nSPS) is 11.9. The van der Waals surface area contributed by atoms with Crippen molar-refractivity contribution in [2.45, 2.75) is 6.04 Å². The number of hydrogen-bond donors (Lipinski definition) is 2. The average molecular weight is 225 g/mol. The highest BCUT2D eigenvalue weighted by atomic mass is 19.1. The van der Waals surface area contributed by atoms with E-state index in [9.17, 15) is 14.0 Å². The van der Waals surface area contributed by atoms with Crippen molar-refractivity contribution in [1.82, 2.24) is 5.32 Å². The van der Waals surface area contributed by atoms with Crippen molar-refractivity contribution in [3.05, 3.63) is 41.4 Å². The number of nitrogens with one attached hydrogen (secondary N) is 2. The number of hydrogen-bond acceptors (Lipinski definition) is 2. The molecule has 5 nitrogen and oxygen atoms in total. The van der Waals surface area contributed by atoms with Crippen molar-refractivity contribution >= 4 is 11.9 Å². The van der Waals surface area contributed by atoms with Crippen molar-refractivity contribution in [3.8, 4) is 0 Å². The molecule has 0 fully saturated rings. The zero-order valence-electron chi connectivity index (χ0n) is 8.24. The fourth-order valence-electron chi connectivity index (χ4n) is 1.02. The predicted molar refractivity (Wildman–Crippen MR) is 54.5 cm³/mol. The molecule has 1 rings (SSSR count). The zero-order chi connectivity index (χ0) is 12.1. The highest BCUT2D eigenvalue weighted by Gasteiger charge is 2.11. The van der Waals surface area contributed by atoms with E-state index in [1.807, 2.05) is 0 Å². The number of carbonyl (C=O) groups excluding carboxylic acids is 1. The van der Waals surface area contributed by atoms with E-state index in [4.69, 9.17) is 10.8 Å². The molecule has 0 saturated carbocycles. The minimum Gasteiger partial charge on any atom is -0.664 e. The molecular formula is C10H10FN2O3-. The summed E-state index contributed by atoms with van der Waals surface area (Å²) in [5.74, 6) is -2.75. The lowest BCUT2D eigenvalue weighted by Crippen LogP contribution is -2.34. The van der Waals surface area contributed by atoms with Crippen molar-refractivity contribution in [2.75, 3.05) is 6.54 Å². The molecule has 86 valence electrons. The van der Waals surface area contributed by atoms with Crippen LogP contribution in [0.1, 0.15) is 10.4 Å². The van der Waals surface area contributed by atoms with Crippen LogP contribution in [0.3, 0.4) is 0 Å². The highest BCUT2D eigenvalue weighted by Crippen LogP contribution is 2.05. The molecule has 0 bridgehead atoms. The fraction of sp³-hybridized carbons (Fsp3) is 0.200. The summed E-state index contributed by atoms with van der Waals surface area (Å²) in [6.07, 6.45) is 0. The predicted octanol–water partition coefficient (Wildman–Crippen LogP) is 1.06. The van der Waals surface area contributed by atoms with Crippen LogP contribution in [-0.4, -0.2) is 29.6 Å². The van der Waals surface area contributed by atoms with E-state index in [0.717, 1.165) is 6.07 Å². The van der Waals surface area contributed by atoms with Crippen molar-refractivity contribution in [3.63, 3.8) is 0 Å². The summed E-state index contributed by atoms with van der Waals surface area (Å²) in [4.78, 5) is 21.7. The maximum atomic E-state index is 13.1. The van der Waals surface area contributed by atoms with Crippen LogP contribution >= 0.6 is 0 Å². The number of amides is 1. The number of carbonyl (C=O) groups is 2. The molecule has 0 aromatic heterocycles. The van der Waals surface area contributed by atoms with E-state index in [1.165, 1.54) is 18.2 Å². The third kappa shape index (κ3) is 3.03. The Morgan fingerprint density at radius 1 is 1.44 bits per heavy atom. The summed E-state index contributed by atoms with van der Waals surface area (Å²) in [5, 5.41) is 10.6. The molecule has 1 atom stereocenters. The number of halogens is 1. The van der Waals surface area contributed by atoms with Gasteiger partial charge in [0.05, 0.1) is 5.56 Å². The number of rotatable bonds is 4. The molecule has 0 aliphatic carbocycles. The lowest BCUT2D eigenvalue weighted by atomic mass is 10.2. The van der Waals surface area contributed by atoms with Crippen LogP contribution in [0.5, 0.6) is 0 Å². The molecule has 1 aromatic carbocycles. The molecule has 0 heterocycles. The summed E-state index contributed by atoms with van der Waals surface area (Å²) >= 11 is 0. The van der Waals surface area contributed by atoms with Gasteiger partial charge >= 0.3 is 0 Å². The Bertz CT molecular complexity index is 409. The summed E-state index contributed by atoms with van der Waals surface area (Å²) in [6, 6.07) is 3.90. The Kier molecular flexibility index (Phi) is 3.96. The quantitative estimate of drug-likeness (QED) is 0.802. The highest BCUT2D eigenvalue weighted by molar-refractivity contribution is 5.94. The van der Waals surface area contributed by atoms with E-state index in [1.54, 1.807) is 0 Å². The SMILES string of the molecule is [NH-]C(CNC(=O)c1ccccc1F)C(=O)O. The van der Waals surface area contributed by atoms with Crippen molar-refractivity contribution in [2.24, 2.45) is 0 Å². The second-order valence-electron chi connectivity index (χ2n) is 3.08. The van der Waals surface area contributed by atoms with Gasteiger partial charge < -0.3 is 16.2 Å². The molecular weight excluding hydrogens is 215 g/mol. The first kappa shape index (κ1) is 12.1. The number of carboxylic acid groups (broad SMARTS) is 1. The molecule has 1 unspecified atom stereocenters. The minimum absolute atomic E-state index is 0.167. The van der Waals surface area contributed by atoms with E-state index in [-0.39, 0.29) is 12.1 Å². The van der Waals surface area contributed by atoms with Gasteiger partial charge in [0, 0.05) is 6.54 Å². The molecule has 16 heavy (non-hydrogen) atoms. The van der Waals surface area contributed by atoms with E-state index in [0.29, 0.717) is 0 Å². The monoisotopic (exact) mass is 225 g/mol. The van der Waals surface area contributed by atoms with Crippen molar-refractivity contribution < 1.29 is 19.1 Å². The second kappa shape index (κ2) is 5.22. The molecule has 3 N–H and O–H groups in total. The Morgan fingerprint density at radius 3 is 2.62 bits per heavy atom. The van der Waals surface area contributed by atoms with Gasteiger partial charge in [0.15, 0.2) is 0 Å². The van der Waals surface area contributed by atoms with Crippen LogP contribution in [0.25, 0.3) is 5.73 Å². The summed E-state index contributed by atoms with van der Waals surface area (Å²) in [6.45, 7) is -0.359. The maximum Gasteiger partial charge on any atom is 0.287 e. The van der Waals surface area contributed by atoms with Gasteiger partial charge in [-0.3, -0.25) is 9.59 Å². The Balaban J connectivity index is 2.60. The fourth-order valence-corrected chi connectivity index (χ4v) is 1.02. The zero-order valence-corrected chi connectivity index (χ0v) is 8.24. The molecule has 1 amide bonds. The van der Waals surface area contributed by atoms with Gasteiger partial charge in [-0.2, -0.15) is 0 Å². The van der Waals surface area contributed by atoms with Gasteiger partial charge in [0.1, 0.15) is 5.82 Å². The number of benzene rings is 1. The molecule has 0 saturated heterocycles. The Labute approximate surface area is 91.1 Å². The average Bonchev–Trinajstić information content (AvgIpc) is 2.25.